The molecule has 0 aromatic carbocycles. The summed E-state index contributed by atoms with van der Waals surface area (Å²) >= 11 is 0. The van der Waals surface area contributed by atoms with Crippen LogP contribution < -0.4 is 0 Å². The van der Waals surface area contributed by atoms with E-state index in [2.05, 4.69) is 9.97 Å². The molecule has 0 aliphatic heterocycles. The van der Waals surface area contributed by atoms with E-state index >= 15 is 0 Å². The molecule has 1 aromatic heterocycles. The maximum absolute atomic E-state index is 11.5. The van der Waals surface area contributed by atoms with E-state index in [1.165, 1.54) is 14.1 Å². The number of sulfonamides is 1. The van der Waals surface area contributed by atoms with Gasteiger partial charge in [-0.15, -0.1) is 0 Å². The van der Waals surface area contributed by atoms with Gasteiger partial charge in [-0.05, 0) is 0 Å². The third-order valence-electron chi connectivity index (χ3n) is 1.62. The van der Waals surface area contributed by atoms with Crippen LogP contribution in [-0.2, 0) is 10.0 Å². The maximum atomic E-state index is 11.5. The number of rotatable bonds is 2. The molecular formula is C7H8KN5O2S. The molecule has 0 atom stereocenters. The van der Waals surface area contributed by atoms with Gasteiger partial charge in [-0.2, -0.15) is 10.5 Å². The molecule has 9 heteroatoms. The molecule has 80 valence electrons. The molecule has 0 saturated carbocycles. The Morgan fingerprint density at radius 3 is 2.19 bits per heavy atom. The van der Waals surface area contributed by atoms with Crippen molar-refractivity contribution in [1.29, 1.82) is 10.5 Å². The fraction of sp³-hybridized carbons (Fsp3) is 0.286. The number of hydrogen-bond donors (Lipinski definition) is 1. The molecule has 0 amide bonds. The zero-order valence-electron chi connectivity index (χ0n) is 8.01. The van der Waals surface area contributed by atoms with Gasteiger partial charge in [-0.3, -0.25) is 0 Å². The number of nitriles is 2. The topological polar surface area (TPSA) is 114 Å². The summed E-state index contributed by atoms with van der Waals surface area (Å²) in [5.41, 5.74) is -0.379. The van der Waals surface area contributed by atoms with Crippen molar-refractivity contribution in [3.05, 3.63) is 11.4 Å². The van der Waals surface area contributed by atoms with E-state index in [9.17, 15) is 8.42 Å². The van der Waals surface area contributed by atoms with Crippen LogP contribution in [-0.4, -0.2) is 88.2 Å². The van der Waals surface area contributed by atoms with Gasteiger partial charge >= 0.3 is 51.4 Å². The molecule has 1 heterocycles. The second-order valence-electron chi connectivity index (χ2n) is 2.78. The molecule has 0 aliphatic carbocycles. The zero-order chi connectivity index (χ0) is 11.6. The van der Waals surface area contributed by atoms with Crippen molar-refractivity contribution >= 4 is 61.4 Å². The standard InChI is InChI=1S/C7H7N5O2S.K.H/c1-12(2)15(13,14)7-10-5(3-8)6(4-9)11-7;;/h1-2H3,(H,10,11);;. The average molecular weight is 265 g/mol. The Kier molecular flexibility index (Phi) is 5.79. The van der Waals surface area contributed by atoms with Crippen molar-refractivity contribution in [2.24, 2.45) is 0 Å². The molecule has 16 heavy (non-hydrogen) atoms. The molecule has 0 bridgehead atoms. The van der Waals surface area contributed by atoms with Crippen molar-refractivity contribution in [1.82, 2.24) is 14.3 Å². The summed E-state index contributed by atoms with van der Waals surface area (Å²) in [6, 6.07) is 3.28. The van der Waals surface area contributed by atoms with E-state index in [0.29, 0.717) is 0 Å². The van der Waals surface area contributed by atoms with Crippen LogP contribution in [0.3, 0.4) is 0 Å². The molecule has 7 nitrogen and oxygen atoms in total. The molecule has 0 radical (unpaired) electrons. The minimum atomic E-state index is -3.73. The first-order chi connectivity index (χ1) is 6.93. The van der Waals surface area contributed by atoms with Crippen molar-refractivity contribution in [3.63, 3.8) is 0 Å². The van der Waals surface area contributed by atoms with Crippen molar-refractivity contribution in [2.75, 3.05) is 14.1 Å². The number of aromatic amines is 1. The quantitative estimate of drug-likeness (QED) is 0.671. The number of aromatic nitrogens is 2. The van der Waals surface area contributed by atoms with Crippen LogP contribution in [0.1, 0.15) is 11.4 Å². The molecule has 1 N–H and O–H groups in total. The fourth-order valence-electron chi connectivity index (χ4n) is 0.808. The van der Waals surface area contributed by atoms with Crippen LogP contribution in [0.2, 0.25) is 0 Å². The molecule has 0 fully saturated rings. The number of nitrogens with one attached hydrogen (secondary N) is 1. The molecule has 0 aliphatic rings. The van der Waals surface area contributed by atoms with Gasteiger partial charge in [0.25, 0.3) is 10.0 Å². The number of hydrogen-bond acceptors (Lipinski definition) is 5. The third-order valence-corrected chi connectivity index (χ3v) is 3.27. The van der Waals surface area contributed by atoms with Gasteiger partial charge in [0.1, 0.15) is 12.1 Å². The third kappa shape index (κ3) is 2.90. The van der Waals surface area contributed by atoms with Gasteiger partial charge in [0.15, 0.2) is 11.4 Å². The van der Waals surface area contributed by atoms with E-state index in [4.69, 9.17) is 10.5 Å². The molecule has 0 spiro atoms. The van der Waals surface area contributed by atoms with Crippen LogP contribution in [0.25, 0.3) is 0 Å². The number of H-pyrrole nitrogens is 1. The normalized spacial score (nSPS) is 10.3. The molecule has 0 saturated heterocycles. The first-order valence-electron chi connectivity index (χ1n) is 3.76. The fourth-order valence-corrected chi connectivity index (χ4v) is 1.59. The van der Waals surface area contributed by atoms with Gasteiger partial charge in [0.2, 0.25) is 5.16 Å². The second-order valence-corrected chi connectivity index (χ2v) is 4.84. The van der Waals surface area contributed by atoms with Crippen molar-refractivity contribution in [3.8, 4) is 12.1 Å². The predicted octanol–water partition coefficient (Wildman–Crippen LogP) is -1.25. The van der Waals surface area contributed by atoms with Crippen LogP contribution in [0.4, 0.5) is 0 Å². The summed E-state index contributed by atoms with van der Waals surface area (Å²) in [6.07, 6.45) is 0. The Hall–Kier alpha value is -0.264. The minimum absolute atomic E-state index is 0. The first-order valence-corrected chi connectivity index (χ1v) is 5.20. The van der Waals surface area contributed by atoms with Gasteiger partial charge < -0.3 is 4.98 Å². The summed E-state index contributed by atoms with van der Waals surface area (Å²) in [4.78, 5) is 5.80. The monoisotopic (exact) mass is 265 g/mol. The van der Waals surface area contributed by atoms with Crippen LogP contribution >= 0.6 is 0 Å². The van der Waals surface area contributed by atoms with Crippen molar-refractivity contribution in [2.45, 2.75) is 5.16 Å². The van der Waals surface area contributed by atoms with E-state index in [1.807, 2.05) is 0 Å². The van der Waals surface area contributed by atoms with Gasteiger partial charge in [-0.25, -0.2) is 17.7 Å². The Bertz CT molecular complexity index is 531. The van der Waals surface area contributed by atoms with Gasteiger partial charge in [0, 0.05) is 14.1 Å². The van der Waals surface area contributed by atoms with Gasteiger partial charge in [-0.1, -0.05) is 0 Å². The van der Waals surface area contributed by atoms with E-state index in [-0.39, 0.29) is 62.8 Å². The summed E-state index contributed by atoms with van der Waals surface area (Å²) in [6.45, 7) is 0. The van der Waals surface area contributed by atoms with E-state index in [1.54, 1.807) is 12.1 Å². The predicted molar refractivity (Wildman–Crippen MR) is 56.0 cm³/mol. The Morgan fingerprint density at radius 1 is 1.31 bits per heavy atom. The Labute approximate surface area is 136 Å². The second kappa shape index (κ2) is 5.89. The molecule has 1 aromatic rings. The number of imidazole rings is 1. The molecular weight excluding hydrogens is 257 g/mol. The molecule has 1 rings (SSSR count). The zero-order valence-corrected chi connectivity index (χ0v) is 8.83. The summed E-state index contributed by atoms with van der Waals surface area (Å²) < 4.78 is 24.0. The van der Waals surface area contributed by atoms with Crippen LogP contribution in [0.15, 0.2) is 5.16 Å². The van der Waals surface area contributed by atoms with Crippen LogP contribution in [0.5, 0.6) is 0 Å². The Balaban J connectivity index is 0.00000225. The number of nitrogens with zero attached hydrogens (tertiary/aromatic N) is 4. The first kappa shape index (κ1) is 15.7. The Morgan fingerprint density at radius 2 is 1.88 bits per heavy atom. The summed E-state index contributed by atoms with van der Waals surface area (Å²) in [7, 11) is -1.08. The average Bonchev–Trinajstić information content (AvgIpc) is 2.60. The SMILES string of the molecule is CN(C)S(=O)(=O)c1nc(C#N)c(C#N)[nH]1.[KH]. The van der Waals surface area contributed by atoms with E-state index in [0.717, 1.165) is 4.31 Å². The van der Waals surface area contributed by atoms with Crippen molar-refractivity contribution < 1.29 is 8.42 Å². The van der Waals surface area contributed by atoms with Gasteiger partial charge in [0.05, 0.1) is 0 Å². The van der Waals surface area contributed by atoms with Crippen LogP contribution in [0, 0.1) is 22.7 Å². The van der Waals surface area contributed by atoms with E-state index < -0.39 is 15.2 Å². The molecule has 0 unspecified atom stereocenters. The summed E-state index contributed by atoms with van der Waals surface area (Å²) in [5.74, 6) is 0. The summed E-state index contributed by atoms with van der Waals surface area (Å²) in [5, 5.41) is 16.8.